The van der Waals surface area contributed by atoms with Crippen LogP contribution in [0.25, 0.3) is 0 Å². The number of piperidine rings is 1. The highest BCUT2D eigenvalue weighted by molar-refractivity contribution is 6.00. The van der Waals surface area contributed by atoms with Crippen LogP contribution in [0.3, 0.4) is 0 Å². The zero-order chi connectivity index (χ0) is 17.0. The molecule has 1 heterocycles. The molecule has 0 saturated carbocycles. The largest absolute Gasteiger partial charge is 0.481 e. The third-order valence-corrected chi connectivity index (χ3v) is 4.83. The second-order valence-electron chi connectivity index (χ2n) is 6.82. The van der Waals surface area contributed by atoms with Gasteiger partial charge in [-0.3, -0.25) is 14.5 Å². The zero-order valence-electron chi connectivity index (χ0n) is 14.3. The number of carboxylic acid groups (broad SMARTS) is 1. The number of likely N-dealkylation sites (tertiary alicyclic amines) is 1. The van der Waals surface area contributed by atoms with Crippen LogP contribution in [0.5, 0.6) is 0 Å². The summed E-state index contributed by atoms with van der Waals surface area (Å²) in [5.74, 6) is -1.42. The molecule has 1 aliphatic heterocycles. The summed E-state index contributed by atoms with van der Waals surface area (Å²) in [7, 11) is 0. The molecular weight excluding hydrogens is 290 g/mol. The molecule has 1 fully saturated rings. The molecular formula is C19H27NO3. The Morgan fingerprint density at radius 1 is 1.30 bits per heavy atom. The maximum atomic E-state index is 12.9. The SMILES string of the molecule is Cc1ccc(C(=O)C(CC(=O)O)CN2CCCCC2C)c(C)c1. The van der Waals surface area contributed by atoms with E-state index >= 15 is 0 Å². The quantitative estimate of drug-likeness (QED) is 0.816. The van der Waals surface area contributed by atoms with Crippen molar-refractivity contribution in [2.75, 3.05) is 13.1 Å². The molecule has 1 N–H and O–H groups in total. The first-order valence-electron chi connectivity index (χ1n) is 8.45. The van der Waals surface area contributed by atoms with Crippen molar-refractivity contribution < 1.29 is 14.7 Å². The fraction of sp³-hybridized carbons (Fsp3) is 0.579. The van der Waals surface area contributed by atoms with Crippen molar-refractivity contribution in [2.45, 2.75) is 52.5 Å². The summed E-state index contributed by atoms with van der Waals surface area (Å²) in [6.45, 7) is 7.57. The van der Waals surface area contributed by atoms with Gasteiger partial charge >= 0.3 is 5.97 Å². The van der Waals surface area contributed by atoms with E-state index in [4.69, 9.17) is 0 Å². The van der Waals surface area contributed by atoms with Crippen molar-refractivity contribution >= 4 is 11.8 Å². The predicted octanol–water partition coefficient (Wildman–Crippen LogP) is 3.45. The third-order valence-electron chi connectivity index (χ3n) is 4.83. The van der Waals surface area contributed by atoms with Gasteiger partial charge in [0.15, 0.2) is 5.78 Å². The molecule has 1 aromatic rings. The molecule has 23 heavy (non-hydrogen) atoms. The fourth-order valence-corrected chi connectivity index (χ4v) is 3.47. The van der Waals surface area contributed by atoms with Gasteiger partial charge in [-0.05, 0) is 45.7 Å². The second-order valence-corrected chi connectivity index (χ2v) is 6.82. The normalized spacial score (nSPS) is 20.2. The van der Waals surface area contributed by atoms with Crippen LogP contribution in [0.15, 0.2) is 18.2 Å². The van der Waals surface area contributed by atoms with E-state index in [1.54, 1.807) is 0 Å². The van der Waals surface area contributed by atoms with Gasteiger partial charge in [-0.15, -0.1) is 0 Å². The minimum absolute atomic E-state index is 0.0392. The Kier molecular flexibility index (Phi) is 5.94. The highest BCUT2D eigenvalue weighted by atomic mass is 16.4. The smallest absolute Gasteiger partial charge is 0.304 e. The van der Waals surface area contributed by atoms with E-state index in [0.717, 1.165) is 30.5 Å². The van der Waals surface area contributed by atoms with Gasteiger partial charge in [0.05, 0.1) is 6.42 Å². The molecule has 2 unspecified atom stereocenters. The summed E-state index contributed by atoms with van der Waals surface area (Å²) in [5.41, 5.74) is 2.70. The van der Waals surface area contributed by atoms with Crippen molar-refractivity contribution in [3.63, 3.8) is 0 Å². The van der Waals surface area contributed by atoms with Gasteiger partial charge in [0.25, 0.3) is 0 Å². The third kappa shape index (κ3) is 4.64. The summed E-state index contributed by atoms with van der Waals surface area (Å²) in [4.78, 5) is 26.4. The number of nitrogens with zero attached hydrogens (tertiary/aromatic N) is 1. The molecule has 2 atom stereocenters. The Morgan fingerprint density at radius 2 is 2.04 bits per heavy atom. The average molecular weight is 317 g/mol. The van der Waals surface area contributed by atoms with Crippen molar-refractivity contribution in [3.8, 4) is 0 Å². The molecule has 0 aromatic heterocycles. The molecule has 1 saturated heterocycles. The minimum atomic E-state index is -0.905. The molecule has 126 valence electrons. The van der Waals surface area contributed by atoms with Crippen LogP contribution in [0.2, 0.25) is 0 Å². The lowest BCUT2D eigenvalue weighted by atomic mass is 9.89. The highest BCUT2D eigenvalue weighted by Gasteiger charge is 2.29. The Bertz CT molecular complexity index is 582. The molecule has 0 amide bonds. The lowest BCUT2D eigenvalue weighted by Gasteiger charge is -2.35. The van der Waals surface area contributed by atoms with Crippen LogP contribution in [-0.4, -0.2) is 40.9 Å². The Morgan fingerprint density at radius 3 is 2.65 bits per heavy atom. The van der Waals surface area contributed by atoms with Crippen molar-refractivity contribution in [1.29, 1.82) is 0 Å². The van der Waals surface area contributed by atoms with E-state index in [-0.39, 0.29) is 12.2 Å². The van der Waals surface area contributed by atoms with Crippen LogP contribution in [0, 0.1) is 19.8 Å². The van der Waals surface area contributed by atoms with Gasteiger partial charge < -0.3 is 5.11 Å². The van der Waals surface area contributed by atoms with E-state index in [1.165, 1.54) is 6.42 Å². The molecule has 0 radical (unpaired) electrons. The number of rotatable bonds is 6. The van der Waals surface area contributed by atoms with E-state index in [1.807, 2.05) is 32.0 Å². The molecule has 0 spiro atoms. The van der Waals surface area contributed by atoms with Crippen LogP contribution in [0.4, 0.5) is 0 Å². The van der Waals surface area contributed by atoms with Crippen LogP contribution in [0.1, 0.15) is 54.1 Å². The number of benzene rings is 1. The Balaban J connectivity index is 2.19. The molecule has 4 nitrogen and oxygen atoms in total. The van der Waals surface area contributed by atoms with Gasteiger partial charge in [-0.2, -0.15) is 0 Å². The van der Waals surface area contributed by atoms with Gasteiger partial charge in [-0.1, -0.05) is 30.2 Å². The van der Waals surface area contributed by atoms with Crippen LogP contribution < -0.4 is 0 Å². The first-order valence-corrected chi connectivity index (χ1v) is 8.45. The first kappa shape index (κ1) is 17.7. The first-order chi connectivity index (χ1) is 10.9. The Hall–Kier alpha value is -1.68. The summed E-state index contributed by atoms with van der Waals surface area (Å²) in [5, 5.41) is 9.22. The summed E-state index contributed by atoms with van der Waals surface area (Å²) in [6, 6.07) is 6.16. The maximum absolute atomic E-state index is 12.9. The van der Waals surface area contributed by atoms with E-state index in [2.05, 4.69) is 11.8 Å². The number of hydrogen-bond donors (Lipinski definition) is 1. The number of carbonyl (C=O) groups is 2. The zero-order valence-corrected chi connectivity index (χ0v) is 14.3. The monoisotopic (exact) mass is 317 g/mol. The number of ketones is 1. The number of aryl methyl sites for hydroxylation is 2. The summed E-state index contributed by atoms with van der Waals surface area (Å²) >= 11 is 0. The number of carbonyl (C=O) groups excluding carboxylic acids is 1. The Labute approximate surface area is 138 Å². The number of aliphatic carboxylic acids is 1. The average Bonchev–Trinajstić information content (AvgIpc) is 2.47. The number of carboxylic acids is 1. The lowest BCUT2D eigenvalue weighted by Crippen LogP contribution is -2.42. The molecule has 0 bridgehead atoms. The predicted molar refractivity (Wildman–Crippen MR) is 90.9 cm³/mol. The second kappa shape index (κ2) is 7.73. The molecule has 1 aromatic carbocycles. The van der Waals surface area contributed by atoms with Gasteiger partial charge in [0.2, 0.25) is 0 Å². The van der Waals surface area contributed by atoms with Crippen molar-refractivity contribution in [1.82, 2.24) is 4.90 Å². The van der Waals surface area contributed by atoms with E-state index < -0.39 is 11.9 Å². The topological polar surface area (TPSA) is 57.6 Å². The van der Waals surface area contributed by atoms with E-state index in [0.29, 0.717) is 18.2 Å². The molecule has 1 aliphatic rings. The highest BCUT2D eigenvalue weighted by Crippen LogP contribution is 2.23. The fourth-order valence-electron chi connectivity index (χ4n) is 3.47. The van der Waals surface area contributed by atoms with Gasteiger partial charge in [0, 0.05) is 24.1 Å². The van der Waals surface area contributed by atoms with Gasteiger partial charge in [-0.25, -0.2) is 0 Å². The standard InChI is InChI=1S/C19H27NO3/c1-13-7-8-17(14(2)10-13)19(23)16(11-18(21)22)12-20-9-5-4-6-15(20)3/h7-8,10,15-16H,4-6,9,11-12H2,1-3H3,(H,21,22). The van der Waals surface area contributed by atoms with Crippen molar-refractivity contribution in [2.24, 2.45) is 5.92 Å². The summed E-state index contributed by atoms with van der Waals surface area (Å²) in [6.07, 6.45) is 3.36. The maximum Gasteiger partial charge on any atom is 0.304 e. The van der Waals surface area contributed by atoms with Crippen LogP contribution >= 0.6 is 0 Å². The molecule has 4 heteroatoms. The minimum Gasteiger partial charge on any atom is -0.481 e. The number of Topliss-reactive ketones (excluding diaryl/α,β-unsaturated/α-hetero) is 1. The van der Waals surface area contributed by atoms with Crippen LogP contribution in [-0.2, 0) is 4.79 Å². The van der Waals surface area contributed by atoms with Crippen molar-refractivity contribution in [3.05, 3.63) is 34.9 Å². The van der Waals surface area contributed by atoms with Gasteiger partial charge in [0.1, 0.15) is 0 Å². The summed E-state index contributed by atoms with van der Waals surface area (Å²) < 4.78 is 0. The molecule has 2 rings (SSSR count). The molecule has 0 aliphatic carbocycles. The van der Waals surface area contributed by atoms with E-state index in [9.17, 15) is 14.7 Å². The number of hydrogen-bond acceptors (Lipinski definition) is 3. The lowest BCUT2D eigenvalue weighted by molar-refractivity contribution is -0.138.